The maximum atomic E-state index is 13.4. The van der Waals surface area contributed by atoms with Crippen LogP contribution in [0.2, 0.25) is 5.02 Å². The van der Waals surface area contributed by atoms with Crippen LogP contribution in [0.4, 0.5) is 5.69 Å². The van der Waals surface area contributed by atoms with Crippen molar-refractivity contribution in [1.82, 2.24) is 5.43 Å². The smallest absolute Gasteiger partial charge is 0.264 e. The molecule has 0 aliphatic rings. The number of hydrogen-bond acceptors (Lipinski definition) is 4. The lowest BCUT2D eigenvalue weighted by Crippen LogP contribution is -2.39. The second kappa shape index (κ2) is 10.6. The Balaban J connectivity index is 1.83. The first kappa shape index (κ1) is 26.4. The van der Waals surface area contributed by atoms with Crippen LogP contribution in [0.5, 0.6) is 0 Å². The van der Waals surface area contributed by atoms with Crippen molar-refractivity contribution in [1.29, 1.82) is 0 Å². The molecular weight excluding hydrogens is 482 g/mol. The summed E-state index contributed by atoms with van der Waals surface area (Å²) in [7, 11) is -4.03. The van der Waals surface area contributed by atoms with Crippen molar-refractivity contribution in [3.8, 4) is 0 Å². The maximum Gasteiger partial charge on any atom is 0.264 e. The minimum atomic E-state index is -4.03. The molecule has 1 amide bonds. The number of carbonyl (C=O) groups is 1. The van der Waals surface area contributed by atoms with Gasteiger partial charge in [-0.05, 0) is 60.7 Å². The SMILES string of the molecule is CC(=NNC(=O)CN(c1cccc(Cl)c1)S(=O)(=O)c1ccc(C)cc1)c1ccc(C(C)(C)C)cc1. The molecule has 0 fully saturated rings. The number of hydrogen-bond donors (Lipinski definition) is 1. The van der Waals surface area contributed by atoms with E-state index in [1.54, 1.807) is 37.3 Å². The lowest BCUT2D eigenvalue weighted by atomic mass is 9.86. The van der Waals surface area contributed by atoms with E-state index in [0.29, 0.717) is 10.7 Å². The maximum absolute atomic E-state index is 13.4. The summed E-state index contributed by atoms with van der Waals surface area (Å²) < 4.78 is 27.9. The van der Waals surface area contributed by atoms with Crippen LogP contribution in [0.25, 0.3) is 0 Å². The predicted octanol–water partition coefficient (Wildman–Crippen LogP) is 5.68. The summed E-state index contributed by atoms with van der Waals surface area (Å²) in [4.78, 5) is 12.9. The lowest BCUT2D eigenvalue weighted by Gasteiger charge is -2.24. The third-order valence-corrected chi connectivity index (χ3v) is 7.53. The number of hydrazone groups is 1. The Bertz CT molecular complexity index is 1330. The highest BCUT2D eigenvalue weighted by molar-refractivity contribution is 7.92. The number of benzene rings is 3. The average Bonchev–Trinajstić information content (AvgIpc) is 2.80. The summed E-state index contributed by atoms with van der Waals surface area (Å²) >= 11 is 6.11. The van der Waals surface area contributed by atoms with Crippen LogP contribution in [0.1, 0.15) is 44.4 Å². The number of sulfonamides is 1. The zero-order valence-electron chi connectivity index (χ0n) is 20.5. The Kier molecular flexibility index (Phi) is 8.03. The Morgan fingerprint density at radius 2 is 1.63 bits per heavy atom. The highest BCUT2D eigenvalue weighted by Crippen LogP contribution is 2.26. The van der Waals surface area contributed by atoms with Gasteiger partial charge in [0.25, 0.3) is 15.9 Å². The van der Waals surface area contributed by atoms with E-state index in [2.05, 4.69) is 31.3 Å². The molecule has 184 valence electrons. The van der Waals surface area contributed by atoms with Crippen molar-refractivity contribution in [3.05, 3.63) is 94.5 Å². The third kappa shape index (κ3) is 6.71. The zero-order chi connectivity index (χ0) is 25.8. The second-order valence-corrected chi connectivity index (χ2v) is 11.7. The van der Waals surface area contributed by atoms with Crippen molar-refractivity contribution in [2.45, 2.75) is 44.9 Å². The number of rotatable bonds is 7. The van der Waals surface area contributed by atoms with Gasteiger partial charge in [0.15, 0.2) is 0 Å². The van der Waals surface area contributed by atoms with E-state index >= 15 is 0 Å². The standard InChI is InChI=1S/C27H30ClN3O3S/c1-19-9-15-25(16-10-19)35(33,34)31(24-8-6-7-23(28)17-24)18-26(32)30-29-20(2)21-11-13-22(14-12-21)27(3,4)5/h6-17H,18H2,1-5H3,(H,30,32). The molecule has 1 N–H and O–H groups in total. The summed E-state index contributed by atoms with van der Waals surface area (Å²) in [6.45, 7) is 9.61. The molecule has 0 atom stereocenters. The molecule has 6 nitrogen and oxygen atoms in total. The van der Waals surface area contributed by atoms with E-state index in [1.807, 2.05) is 31.2 Å². The first-order valence-electron chi connectivity index (χ1n) is 11.2. The van der Waals surface area contributed by atoms with Gasteiger partial charge in [-0.1, -0.05) is 80.4 Å². The molecule has 0 aliphatic carbocycles. The molecule has 3 aromatic carbocycles. The van der Waals surface area contributed by atoms with Crippen molar-refractivity contribution in [3.63, 3.8) is 0 Å². The van der Waals surface area contributed by atoms with Gasteiger partial charge in [-0.2, -0.15) is 5.10 Å². The van der Waals surface area contributed by atoms with Gasteiger partial charge in [0.05, 0.1) is 16.3 Å². The molecule has 0 bridgehead atoms. The van der Waals surface area contributed by atoms with E-state index in [0.717, 1.165) is 15.4 Å². The van der Waals surface area contributed by atoms with Crippen molar-refractivity contribution in [2.24, 2.45) is 5.10 Å². The Morgan fingerprint density at radius 1 is 1.00 bits per heavy atom. The van der Waals surface area contributed by atoms with Crippen LogP contribution < -0.4 is 9.73 Å². The fourth-order valence-electron chi connectivity index (χ4n) is 3.37. The van der Waals surface area contributed by atoms with Crippen LogP contribution in [0.15, 0.2) is 82.8 Å². The van der Waals surface area contributed by atoms with Crippen LogP contribution in [-0.4, -0.2) is 26.6 Å². The molecule has 0 saturated carbocycles. The molecule has 0 radical (unpaired) electrons. The number of halogens is 1. The van der Waals surface area contributed by atoms with Crippen LogP contribution >= 0.6 is 11.6 Å². The van der Waals surface area contributed by atoms with Crippen molar-refractivity contribution >= 4 is 38.9 Å². The van der Waals surface area contributed by atoms with Gasteiger partial charge in [0.1, 0.15) is 6.54 Å². The van der Waals surface area contributed by atoms with E-state index < -0.39 is 22.5 Å². The fourth-order valence-corrected chi connectivity index (χ4v) is 4.97. The van der Waals surface area contributed by atoms with E-state index in [-0.39, 0.29) is 16.0 Å². The number of amides is 1. The minimum absolute atomic E-state index is 0.0323. The number of aryl methyl sites for hydroxylation is 1. The summed E-state index contributed by atoms with van der Waals surface area (Å²) in [5.74, 6) is -0.577. The summed E-state index contributed by atoms with van der Waals surface area (Å²) in [5, 5.41) is 4.55. The molecule has 0 saturated heterocycles. The molecule has 3 rings (SSSR count). The topological polar surface area (TPSA) is 78.8 Å². The van der Waals surface area contributed by atoms with Crippen molar-refractivity contribution < 1.29 is 13.2 Å². The van der Waals surface area contributed by atoms with E-state index in [9.17, 15) is 13.2 Å². The van der Waals surface area contributed by atoms with Gasteiger partial charge >= 0.3 is 0 Å². The Morgan fingerprint density at radius 3 is 2.20 bits per heavy atom. The lowest BCUT2D eigenvalue weighted by molar-refractivity contribution is -0.119. The molecule has 0 heterocycles. The van der Waals surface area contributed by atoms with Gasteiger partial charge in [0, 0.05) is 5.02 Å². The van der Waals surface area contributed by atoms with Gasteiger partial charge in [-0.25, -0.2) is 13.8 Å². The molecular formula is C27H30ClN3O3S. The fraction of sp³-hybridized carbons (Fsp3) is 0.259. The quantitative estimate of drug-likeness (QED) is 0.327. The Hall–Kier alpha value is -3.16. The van der Waals surface area contributed by atoms with E-state index in [4.69, 9.17) is 11.6 Å². The van der Waals surface area contributed by atoms with Gasteiger partial charge in [-0.15, -0.1) is 0 Å². The first-order valence-corrected chi connectivity index (χ1v) is 13.0. The van der Waals surface area contributed by atoms with Crippen LogP contribution in [0, 0.1) is 6.92 Å². The number of nitrogens with one attached hydrogen (secondary N) is 1. The molecule has 35 heavy (non-hydrogen) atoms. The molecule has 0 spiro atoms. The first-order chi connectivity index (χ1) is 16.4. The van der Waals surface area contributed by atoms with Crippen LogP contribution in [0.3, 0.4) is 0 Å². The monoisotopic (exact) mass is 511 g/mol. The number of anilines is 1. The molecule has 8 heteroatoms. The predicted molar refractivity (Wildman–Crippen MR) is 143 cm³/mol. The largest absolute Gasteiger partial charge is 0.271 e. The highest BCUT2D eigenvalue weighted by atomic mass is 35.5. The number of nitrogens with zero attached hydrogens (tertiary/aromatic N) is 2. The molecule has 0 unspecified atom stereocenters. The minimum Gasteiger partial charge on any atom is -0.271 e. The molecule has 0 aromatic heterocycles. The summed E-state index contributed by atoms with van der Waals surface area (Å²) in [6, 6.07) is 20.8. The van der Waals surface area contributed by atoms with E-state index in [1.165, 1.54) is 23.8 Å². The number of carbonyl (C=O) groups excluding carboxylic acids is 1. The molecule has 3 aromatic rings. The van der Waals surface area contributed by atoms with Crippen LogP contribution in [-0.2, 0) is 20.2 Å². The average molecular weight is 512 g/mol. The highest BCUT2D eigenvalue weighted by Gasteiger charge is 2.27. The third-order valence-electron chi connectivity index (χ3n) is 5.51. The Labute approximate surface area is 212 Å². The van der Waals surface area contributed by atoms with Gasteiger partial charge in [0.2, 0.25) is 0 Å². The summed E-state index contributed by atoms with van der Waals surface area (Å²) in [6.07, 6.45) is 0. The zero-order valence-corrected chi connectivity index (χ0v) is 22.1. The normalized spacial score (nSPS) is 12.3. The molecule has 0 aliphatic heterocycles. The van der Waals surface area contributed by atoms with Crippen molar-refractivity contribution in [2.75, 3.05) is 10.8 Å². The van der Waals surface area contributed by atoms with Gasteiger partial charge in [-0.3, -0.25) is 9.10 Å². The van der Waals surface area contributed by atoms with Gasteiger partial charge < -0.3 is 0 Å². The second-order valence-electron chi connectivity index (χ2n) is 9.36. The summed E-state index contributed by atoms with van der Waals surface area (Å²) in [5.41, 5.74) is 6.38.